The Hall–Kier alpha value is -2.44. The Labute approximate surface area is 171 Å². The van der Waals surface area contributed by atoms with Gasteiger partial charge in [0.15, 0.2) is 6.61 Å². The third kappa shape index (κ3) is 6.02. The summed E-state index contributed by atoms with van der Waals surface area (Å²) < 4.78 is 31.9. The number of amides is 1. The fourth-order valence-electron chi connectivity index (χ4n) is 2.90. The Morgan fingerprint density at radius 3 is 2.31 bits per heavy atom. The largest absolute Gasteiger partial charge is 0.455 e. The fourth-order valence-corrected chi connectivity index (χ4v) is 4.37. The highest BCUT2D eigenvalue weighted by Gasteiger charge is 2.33. The van der Waals surface area contributed by atoms with Crippen LogP contribution < -0.4 is 5.32 Å². The number of hydrogen-bond acceptors (Lipinski definition) is 6. The molecule has 29 heavy (non-hydrogen) atoms. The molecule has 0 bridgehead atoms. The van der Waals surface area contributed by atoms with Crippen molar-refractivity contribution in [3.63, 3.8) is 0 Å². The summed E-state index contributed by atoms with van der Waals surface area (Å²) in [5.74, 6) is -0.983. The van der Waals surface area contributed by atoms with Gasteiger partial charge in [0.1, 0.15) is 0 Å². The van der Waals surface area contributed by atoms with Crippen LogP contribution in [0, 0.1) is 23.2 Å². The van der Waals surface area contributed by atoms with Gasteiger partial charge in [-0.25, -0.2) is 8.42 Å². The van der Waals surface area contributed by atoms with E-state index in [2.05, 4.69) is 5.32 Å². The highest BCUT2D eigenvalue weighted by molar-refractivity contribution is 7.89. The van der Waals surface area contributed by atoms with Gasteiger partial charge in [-0.15, -0.1) is 0 Å². The molecule has 0 saturated carbocycles. The van der Waals surface area contributed by atoms with Gasteiger partial charge in [-0.05, 0) is 49.9 Å². The van der Waals surface area contributed by atoms with E-state index in [4.69, 9.17) is 10.00 Å². The first-order valence-electron chi connectivity index (χ1n) is 9.61. The highest BCUT2D eigenvalue weighted by Crippen LogP contribution is 2.24. The van der Waals surface area contributed by atoms with Crippen LogP contribution in [0.25, 0.3) is 0 Å². The number of sulfonamides is 1. The van der Waals surface area contributed by atoms with Crippen molar-refractivity contribution in [3.05, 3.63) is 29.8 Å². The number of nitrogens with zero attached hydrogens (tertiary/aromatic N) is 2. The molecule has 158 valence electrons. The van der Waals surface area contributed by atoms with Gasteiger partial charge in [0.2, 0.25) is 10.0 Å². The van der Waals surface area contributed by atoms with Crippen molar-refractivity contribution in [1.82, 2.24) is 9.62 Å². The van der Waals surface area contributed by atoms with Gasteiger partial charge in [0, 0.05) is 19.1 Å². The third-order valence-corrected chi connectivity index (χ3v) is 7.06. The molecule has 0 radical (unpaired) electrons. The molecule has 0 aliphatic carbocycles. The number of esters is 1. The first-order valence-corrected chi connectivity index (χ1v) is 11.1. The van der Waals surface area contributed by atoms with Crippen molar-refractivity contribution < 1.29 is 22.7 Å². The van der Waals surface area contributed by atoms with Gasteiger partial charge >= 0.3 is 5.97 Å². The summed E-state index contributed by atoms with van der Waals surface area (Å²) in [7, 11) is -3.68. The molecular weight excluding hydrogens is 394 g/mol. The fraction of sp³-hybridized carbons (Fsp3) is 0.550. The summed E-state index contributed by atoms with van der Waals surface area (Å²) in [5, 5.41) is 11.6. The SMILES string of the molecule is CC(C)[C@H](C)NC(=O)COC(=O)C1CCN(S(=O)(=O)c2ccc(C#N)cc2)CC1. The lowest BCUT2D eigenvalue weighted by Gasteiger charge is -2.30. The van der Waals surface area contributed by atoms with Crippen molar-refractivity contribution >= 4 is 21.9 Å². The number of nitriles is 1. The molecular formula is C20H27N3O5S. The molecule has 1 amide bonds. The average Bonchev–Trinajstić information content (AvgIpc) is 2.72. The van der Waals surface area contributed by atoms with Crippen molar-refractivity contribution in [3.8, 4) is 6.07 Å². The zero-order valence-electron chi connectivity index (χ0n) is 16.9. The van der Waals surface area contributed by atoms with E-state index in [9.17, 15) is 18.0 Å². The second kappa shape index (κ2) is 9.85. The van der Waals surface area contributed by atoms with Gasteiger partial charge in [0.05, 0.1) is 22.4 Å². The maximum Gasteiger partial charge on any atom is 0.309 e. The summed E-state index contributed by atoms with van der Waals surface area (Å²) in [6.07, 6.45) is 0.663. The standard InChI is InChI=1S/C20H27N3O5S/c1-14(2)15(3)22-19(24)13-28-20(25)17-8-10-23(11-9-17)29(26,27)18-6-4-16(12-21)5-7-18/h4-7,14-15,17H,8-11,13H2,1-3H3,(H,22,24)/t15-/m0/s1. The molecule has 1 aliphatic rings. The van der Waals surface area contributed by atoms with Crippen molar-refractivity contribution in [2.45, 2.75) is 44.6 Å². The lowest BCUT2D eigenvalue weighted by molar-refractivity contribution is -0.153. The quantitative estimate of drug-likeness (QED) is 0.669. The summed E-state index contributed by atoms with van der Waals surface area (Å²) >= 11 is 0. The molecule has 1 heterocycles. The molecule has 1 aromatic rings. The van der Waals surface area contributed by atoms with Gasteiger partial charge in [0.25, 0.3) is 5.91 Å². The minimum absolute atomic E-state index is 0.0168. The lowest BCUT2D eigenvalue weighted by atomic mass is 9.98. The van der Waals surface area contributed by atoms with E-state index in [1.807, 2.05) is 26.8 Å². The van der Waals surface area contributed by atoms with E-state index in [-0.39, 0.29) is 42.5 Å². The number of hydrogen-bond donors (Lipinski definition) is 1. The van der Waals surface area contributed by atoms with Crippen molar-refractivity contribution in [2.24, 2.45) is 11.8 Å². The maximum absolute atomic E-state index is 12.7. The zero-order valence-corrected chi connectivity index (χ0v) is 17.7. The van der Waals surface area contributed by atoms with E-state index in [0.717, 1.165) is 0 Å². The van der Waals surface area contributed by atoms with Crippen molar-refractivity contribution in [1.29, 1.82) is 5.26 Å². The number of ether oxygens (including phenoxy) is 1. The summed E-state index contributed by atoms with van der Waals surface area (Å²) in [6, 6.07) is 7.67. The van der Waals surface area contributed by atoms with Crippen LogP contribution in [0.5, 0.6) is 0 Å². The van der Waals surface area contributed by atoms with Gasteiger partial charge in [-0.3, -0.25) is 9.59 Å². The van der Waals surface area contributed by atoms with Crippen LogP contribution in [0.4, 0.5) is 0 Å². The summed E-state index contributed by atoms with van der Waals surface area (Å²) in [6.45, 7) is 5.90. The van der Waals surface area contributed by atoms with Crippen molar-refractivity contribution in [2.75, 3.05) is 19.7 Å². The number of carbonyl (C=O) groups excluding carboxylic acids is 2. The molecule has 1 aliphatic heterocycles. The second-order valence-electron chi connectivity index (χ2n) is 7.52. The molecule has 1 N–H and O–H groups in total. The van der Waals surface area contributed by atoms with E-state index < -0.39 is 21.9 Å². The zero-order chi connectivity index (χ0) is 21.6. The van der Waals surface area contributed by atoms with Crippen LogP contribution in [0.1, 0.15) is 39.2 Å². The molecule has 0 aromatic heterocycles. The second-order valence-corrected chi connectivity index (χ2v) is 9.46. The molecule has 1 saturated heterocycles. The van der Waals surface area contributed by atoms with Crippen LogP contribution in [-0.4, -0.2) is 50.3 Å². The molecule has 1 atom stereocenters. The predicted molar refractivity (Wildman–Crippen MR) is 106 cm³/mol. The molecule has 8 nitrogen and oxygen atoms in total. The molecule has 0 unspecified atom stereocenters. The Balaban J connectivity index is 1.85. The Morgan fingerprint density at radius 1 is 1.21 bits per heavy atom. The van der Waals surface area contributed by atoms with Gasteiger partial charge < -0.3 is 10.1 Å². The number of rotatable bonds is 7. The summed E-state index contributed by atoms with van der Waals surface area (Å²) in [4.78, 5) is 24.2. The van der Waals surface area contributed by atoms with Crippen LogP contribution in [0.15, 0.2) is 29.2 Å². The maximum atomic E-state index is 12.7. The molecule has 0 spiro atoms. The first kappa shape index (κ1) is 22.8. The van der Waals surface area contributed by atoms with Crippen LogP contribution in [-0.2, 0) is 24.3 Å². The van der Waals surface area contributed by atoms with E-state index in [1.54, 1.807) is 0 Å². The monoisotopic (exact) mass is 421 g/mol. The number of benzene rings is 1. The van der Waals surface area contributed by atoms with E-state index >= 15 is 0 Å². The normalized spacial score (nSPS) is 16.8. The number of carbonyl (C=O) groups is 2. The third-order valence-electron chi connectivity index (χ3n) is 5.14. The first-order chi connectivity index (χ1) is 13.6. The smallest absolute Gasteiger partial charge is 0.309 e. The minimum Gasteiger partial charge on any atom is -0.455 e. The van der Waals surface area contributed by atoms with Crippen LogP contribution in [0.3, 0.4) is 0 Å². The molecule has 9 heteroatoms. The minimum atomic E-state index is -3.68. The Morgan fingerprint density at radius 2 is 1.79 bits per heavy atom. The molecule has 1 aromatic carbocycles. The number of nitrogens with one attached hydrogen (secondary N) is 1. The van der Waals surface area contributed by atoms with Crippen LogP contribution in [0.2, 0.25) is 0 Å². The van der Waals surface area contributed by atoms with Gasteiger partial charge in [-0.1, -0.05) is 13.8 Å². The Bertz CT molecular complexity index is 866. The summed E-state index contributed by atoms with van der Waals surface area (Å²) in [5.41, 5.74) is 0.386. The molecule has 2 rings (SSSR count). The average molecular weight is 422 g/mol. The number of piperidine rings is 1. The highest BCUT2D eigenvalue weighted by atomic mass is 32.2. The lowest BCUT2D eigenvalue weighted by Crippen LogP contribution is -2.42. The Kier molecular flexibility index (Phi) is 7.76. The van der Waals surface area contributed by atoms with Crippen LogP contribution >= 0.6 is 0 Å². The predicted octanol–water partition coefficient (Wildman–Crippen LogP) is 1.66. The van der Waals surface area contributed by atoms with Gasteiger partial charge in [-0.2, -0.15) is 9.57 Å². The molecule has 1 fully saturated rings. The van der Waals surface area contributed by atoms with E-state index in [0.29, 0.717) is 18.4 Å². The van der Waals surface area contributed by atoms with E-state index in [1.165, 1.54) is 28.6 Å². The topological polar surface area (TPSA) is 117 Å².